The predicted molar refractivity (Wildman–Crippen MR) is 93.2 cm³/mol. The van der Waals surface area contributed by atoms with Gasteiger partial charge in [-0.25, -0.2) is 0 Å². The summed E-state index contributed by atoms with van der Waals surface area (Å²) in [5.74, 6) is 0.956. The van der Waals surface area contributed by atoms with Crippen LogP contribution in [0.25, 0.3) is 0 Å². The summed E-state index contributed by atoms with van der Waals surface area (Å²) in [4.78, 5) is 0. The molecule has 3 heteroatoms. The average molecular weight is 348 g/mol. The van der Waals surface area contributed by atoms with Gasteiger partial charge in [0.25, 0.3) is 0 Å². The topological polar surface area (TPSA) is 21.3 Å². The van der Waals surface area contributed by atoms with Crippen LogP contribution < -0.4 is 10.1 Å². The molecule has 0 fully saturated rings. The largest absolute Gasteiger partial charge is 0.493 e. The number of anilines is 1. The fraction of sp³-hybridized carbons (Fsp3) is 0.333. The molecule has 0 radical (unpaired) electrons. The second kappa shape index (κ2) is 7.51. The summed E-state index contributed by atoms with van der Waals surface area (Å²) in [6.45, 7) is 7.86. The van der Waals surface area contributed by atoms with Crippen molar-refractivity contribution >= 4 is 21.6 Å². The van der Waals surface area contributed by atoms with E-state index in [1.54, 1.807) is 0 Å². The van der Waals surface area contributed by atoms with Gasteiger partial charge in [0.1, 0.15) is 5.75 Å². The van der Waals surface area contributed by atoms with Crippen LogP contribution in [0.15, 0.2) is 40.9 Å². The second-order valence-electron chi connectivity index (χ2n) is 5.27. The zero-order chi connectivity index (χ0) is 15.2. The van der Waals surface area contributed by atoms with Gasteiger partial charge in [-0.2, -0.15) is 0 Å². The van der Waals surface area contributed by atoms with Crippen LogP contribution in [0.4, 0.5) is 5.69 Å². The molecule has 2 aromatic carbocycles. The minimum Gasteiger partial charge on any atom is -0.493 e. The lowest BCUT2D eigenvalue weighted by molar-refractivity contribution is 0.314. The lowest BCUT2D eigenvalue weighted by atomic mass is 10.1. The van der Waals surface area contributed by atoms with E-state index >= 15 is 0 Å². The van der Waals surface area contributed by atoms with Gasteiger partial charge in [-0.05, 0) is 50.1 Å². The first-order valence-corrected chi connectivity index (χ1v) is 8.12. The lowest BCUT2D eigenvalue weighted by Crippen LogP contribution is -2.05. The highest BCUT2D eigenvalue weighted by atomic mass is 79.9. The van der Waals surface area contributed by atoms with Crippen molar-refractivity contribution in [3.05, 3.63) is 57.6 Å². The molecule has 0 heterocycles. The molecule has 0 saturated heterocycles. The molecule has 0 amide bonds. The number of halogens is 1. The van der Waals surface area contributed by atoms with Crippen molar-refractivity contribution in [1.29, 1.82) is 0 Å². The van der Waals surface area contributed by atoms with Crippen LogP contribution >= 0.6 is 15.9 Å². The Kier molecular flexibility index (Phi) is 5.68. The quantitative estimate of drug-likeness (QED) is 0.748. The van der Waals surface area contributed by atoms with Crippen LogP contribution in [-0.4, -0.2) is 6.61 Å². The number of nitrogens with one attached hydrogen (secondary N) is 1. The van der Waals surface area contributed by atoms with Crippen LogP contribution in [0, 0.1) is 13.8 Å². The summed E-state index contributed by atoms with van der Waals surface area (Å²) in [7, 11) is 0. The summed E-state index contributed by atoms with van der Waals surface area (Å²) in [6.07, 6.45) is 1.01. The van der Waals surface area contributed by atoms with Crippen molar-refractivity contribution in [2.24, 2.45) is 0 Å². The van der Waals surface area contributed by atoms with Gasteiger partial charge in [0.05, 0.1) is 6.61 Å². The average Bonchev–Trinajstić information content (AvgIpc) is 2.45. The van der Waals surface area contributed by atoms with Gasteiger partial charge in [0, 0.05) is 22.3 Å². The number of rotatable bonds is 6. The SMILES string of the molecule is CCCOc1ccc(Br)cc1CNc1ccc(C)cc1C. The monoisotopic (exact) mass is 347 g/mol. The fourth-order valence-electron chi connectivity index (χ4n) is 2.24. The molecule has 0 spiro atoms. The van der Waals surface area contributed by atoms with Crippen molar-refractivity contribution < 1.29 is 4.74 Å². The molecule has 2 rings (SSSR count). The third-order valence-corrected chi connectivity index (χ3v) is 3.83. The lowest BCUT2D eigenvalue weighted by Gasteiger charge is -2.14. The van der Waals surface area contributed by atoms with Gasteiger partial charge in [-0.15, -0.1) is 0 Å². The summed E-state index contributed by atoms with van der Waals surface area (Å²) >= 11 is 3.53. The summed E-state index contributed by atoms with van der Waals surface area (Å²) < 4.78 is 6.89. The Labute approximate surface area is 135 Å². The Morgan fingerprint density at radius 3 is 2.62 bits per heavy atom. The van der Waals surface area contributed by atoms with Gasteiger partial charge in [-0.1, -0.05) is 40.5 Å². The first-order chi connectivity index (χ1) is 10.1. The van der Waals surface area contributed by atoms with Crippen molar-refractivity contribution in [2.75, 3.05) is 11.9 Å². The van der Waals surface area contributed by atoms with E-state index < -0.39 is 0 Å². The van der Waals surface area contributed by atoms with E-state index in [0.29, 0.717) is 0 Å². The van der Waals surface area contributed by atoms with Crippen molar-refractivity contribution in [3.8, 4) is 5.75 Å². The van der Waals surface area contributed by atoms with E-state index in [9.17, 15) is 0 Å². The summed E-state index contributed by atoms with van der Waals surface area (Å²) in [5, 5.41) is 3.50. The summed E-state index contributed by atoms with van der Waals surface area (Å²) in [6, 6.07) is 12.6. The van der Waals surface area contributed by atoms with E-state index in [1.807, 2.05) is 12.1 Å². The molecule has 21 heavy (non-hydrogen) atoms. The Morgan fingerprint density at radius 2 is 1.90 bits per heavy atom. The zero-order valence-electron chi connectivity index (χ0n) is 12.9. The van der Waals surface area contributed by atoms with Gasteiger partial charge < -0.3 is 10.1 Å². The highest BCUT2D eigenvalue weighted by Gasteiger charge is 2.06. The highest BCUT2D eigenvalue weighted by Crippen LogP contribution is 2.25. The standard InChI is InChI=1S/C18H22BrNO/c1-4-9-21-18-8-6-16(19)11-15(18)12-20-17-7-5-13(2)10-14(17)3/h5-8,10-11,20H,4,9,12H2,1-3H3. The van der Waals surface area contributed by atoms with Crippen molar-refractivity contribution in [3.63, 3.8) is 0 Å². The highest BCUT2D eigenvalue weighted by molar-refractivity contribution is 9.10. The summed E-state index contributed by atoms with van der Waals surface area (Å²) in [5.41, 5.74) is 4.88. The maximum absolute atomic E-state index is 5.82. The van der Waals surface area contributed by atoms with E-state index in [1.165, 1.54) is 16.8 Å². The third kappa shape index (κ3) is 4.50. The maximum Gasteiger partial charge on any atom is 0.124 e. The molecule has 1 N–H and O–H groups in total. The predicted octanol–water partition coefficient (Wildman–Crippen LogP) is 5.47. The van der Waals surface area contributed by atoms with Crippen molar-refractivity contribution in [1.82, 2.24) is 0 Å². The number of benzene rings is 2. The third-order valence-electron chi connectivity index (χ3n) is 3.34. The number of aryl methyl sites for hydroxylation is 2. The van der Waals surface area contributed by atoms with E-state index in [0.717, 1.165) is 35.4 Å². The number of hydrogen-bond acceptors (Lipinski definition) is 2. The number of hydrogen-bond donors (Lipinski definition) is 1. The van der Waals surface area contributed by atoms with Gasteiger partial charge >= 0.3 is 0 Å². The Morgan fingerprint density at radius 1 is 1.10 bits per heavy atom. The van der Waals surface area contributed by atoms with Gasteiger partial charge in [-0.3, -0.25) is 0 Å². The molecule has 2 aromatic rings. The van der Waals surface area contributed by atoms with E-state index in [4.69, 9.17) is 4.74 Å². The van der Waals surface area contributed by atoms with Crippen LogP contribution in [0.3, 0.4) is 0 Å². The first-order valence-electron chi connectivity index (χ1n) is 7.32. The van der Waals surface area contributed by atoms with Gasteiger partial charge in [0.2, 0.25) is 0 Å². The molecule has 0 aromatic heterocycles. The Balaban J connectivity index is 2.12. The van der Waals surface area contributed by atoms with Crippen molar-refractivity contribution in [2.45, 2.75) is 33.7 Å². The molecule has 0 bridgehead atoms. The number of ether oxygens (including phenoxy) is 1. The van der Waals surface area contributed by atoms with Crippen LogP contribution in [0.1, 0.15) is 30.0 Å². The van der Waals surface area contributed by atoms with Crippen LogP contribution in [-0.2, 0) is 6.54 Å². The van der Waals surface area contributed by atoms with Crippen LogP contribution in [0.5, 0.6) is 5.75 Å². The molecular weight excluding hydrogens is 326 g/mol. The van der Waals surface area contributed by atoms with E-state index in [2.05, 4.69) is 66.3 Å². The molecule has 0 aliphatic carbocycles. The van der Waals surface area contributed by atoms with Gasteiger partial charge in [0.15, 0.2) is 0 Å². The molecule has 2 nitrogen and oxygen atoms in total. The first kappa shape index (κ1) is 15.9. The Hall–Kier alpha value is -1.48. The van der Waals surface area contributed by atoms with E-state index in [-0.39, 0.29) is 0 Å². The molecule has 0 aliphatic heterocycles. The fourth-order valence-corrected chi connectivity index (χ4v) is 2.65. The zero-order valence-corrected chi connectivity index (χ0v) is 14.5. The molecule has 0 atom stereocenters. The normalized spacial score (nSPS) is 10.5. The molecular formula is C18H22BrNO. The molecule has 0 saturated carbocycles. The second-order valence-corrected chi connectivity index (χ2v) is 6.19. The molecule has 0 unspecified atom stereocenters. The Bertz CT molecular complexity index is 610. The maximum atomic E-state index is 5.82. The molecule has 0 aliphatic rings. The minimum atomic E-state index is 0.748. The molecule has 112 valence electrons. The minimum absolute atomic E-state index is 0.748. The smallest absolute Gasteiger partial charge is 0.124 e. The van der Waals surface area contributed by atoms with Crippen LogP contribution in [0.2, 0.25) is 0 Å².